The topological polar surface area (TPSA) is 46.2 Å². The zero-order valence-electron chi connectivity index (χ0n) is 9.93. The molecule has 0 saturated heterocycles. The Morgan fingerprint density at radius 3 is 2.28 bits per heavy atom. The highest BCUT2D eigenvalue weighted by atomic mass is 19.3. The van der Waals surface area contributed by atoms with Gasteiger partial charge >= 0.3 is 0 Å². The first-order chi connectivity index (χ1) is 8.38. The van der Waals surface area contributed by atoms with Gasteiger partial charge in [0.2, 0.25) is 5.92 Å². The van der Waals surface area contributed by atoms with E-state index in [-0.39, 0.29) is 38.0 Å². The standard InChI is InChI=1S/C13H16F3NO/c14-11-7-9(18)1-2-10(11)12(8-17)3-5-13(15,16)6-4-12/h1-2,7,18H,3-6,8,17H2. The number of hydrogen-bond acceptors (Lipinski definition) is 2. The third-order valence-corrected chi connectivity index (χ3v) is 3.85. The maximum atomic E-state index is 13.9. The van der Waals surface area contributed by atoms with Crippen LogP contribution in [0, 0.1) is 5.82 Å². The first-order valence-corrected chi connectivity index (χ1v) is 5.95. The van der Waals surface area contributed by atoms with E-state index in [1.54, 1.807) is 0 Å². The van der Waals surface area contributed by atoms with Gasteiger partial charge in [0.1, 0.15) is 11.6 Å². The minimum atomic E-state index is -2.67. The van der Waals surface area contributed by atoms with Crippen LogP contribution in [0.15, 0.2) is 18.2 Å². The van der Waals surface area contributed by atoms with E-state index in [4.69, 9.17) is 5.73 Å². The molecule has 5 heteroatoms. The fourth-order valence-corrected chi connectivity index (χ4v) is 2.61. The zero-order valence-corrected chi connectivity index (χ0v) is 9.93. The van der Waals surface area contributed by atoms with Crippen molar-refractivity contribution in [3.05, 3.63) is 29.6 Å². The summed E-state index contributed by atoms with van der Waals surface area (Å²) < 4.78 is 40.2. The van der Waals surface area contributed by atoms with Crippen LogP contribution in [0.3, 0.4) is 0 Å². The Balaban J connectivity index is 2.33. The van der Waals surface area contributed by atoms with Gasteiger partial charge in [0.25, 0.3) is 0 Å². The molecule has 1 fully saturated rings. The molecule has 0 amide bonds. The van der Waals surface area contributed by atoms with E-state index in [2.05, 4.69) is 0 Å². The molecule has 0 aliphatic heterocycles. The molecule has 2 nitrogen and oxygen atoms in total. The van der Waals surface area contributed by atoms with Crippen molar-refractivity contribution in [1.29, 1.82) is 0 Å². The Labute approximate surface area is 104 Å². The minimum Gasteiger partial charge on any atom is -0.508 e. The van der Waals surface area contributed by atoms with Gasteiger partial charge in [-0.1, -0.05) is 6.07 Å². The number of aromatic hydroxyl groups is 1. The van der Waals surface area contributed by atoms with Crippen LogP contribution in [0.5, 0.6) is 5.75 Å². The van der Waals surface area contributed by atoms with Crippen molar-refractivity contribution in [1.82, 2.24) is 0 Å². The lowest BCUT2D eigenvalue weighted by Gasteiger charge is -2.39. The maximum Gasteiger partial charge on any atom is 0.248 e. The smallest absolute Gasteiger partial charge is 0.248 e. The lowest BCUT2D eigenvalue weighted by molar-refractivity contribution is -0.0513. The number of nitrogens with two attached hydrogens (primary N) is 1. The number of hydrogen-bond donors (Lipinski definition) is 2. The number of phenols is 1. The number of rotatable bonds is 2. The molecule has 18 heavy (non-hydrogen) atoms. The van der Waals surface area contributed by atoms with Crippen LogP contribution in [-0.2, 0) is 5.41 Å². The summed E-state index contributed by atoms with van der Waals surface area (Å²) in [4.78, 5) is 0. The first kappa shape index (κ1) is 13.2. The highest BCUT2D eigenvalue weighted by Crippen LogP contribution is 2.45. The normalized spacial score (nSPS) is 21.8. The summed E-state index contributed by atoms with van der Waals surface area (Å²) in [6, 6.07) is 3.81. The monoisotopic (exact) mass is 259 g/mol. The largest absolute Gasteiger partial charge is 0.508 e. The average Bonchev–Trinajstić information content (AvgIpc) is 2.31. The summed E-state index contributed by atoms with van der Waals surface area (Å²) in [7, 11) is 0. The van der Waals surface area contributed by atoms with Gasteiger partial charge in [0.15, 0.2) is 0 Å². The molecule has 1 aromatic rings. The van der Waals surface area contributed by atoms with Crippen LogP contribution in [0.1, 0.15) is 31.2 Å². The molecule has 1 aromatic carbocycles. The van der Waals surface area contributed by atoms with E-state index >= 15 is 0 Å². The lowest BCUT2D eigenvalue weighted by atomic mass is 9.68. The van der Waals surface area contributed by atoms with E-state index in [1.165, 1.54) is 12.1 Å². The van der Waals surface area contributed by atoms with Gasteiger partial charge in [0.05, 0.1) is 0 Å². The predicted octanol–water partition coefficient (Wildman–Crippen LogP) is 2.94. The van der Waals surface area contributed by atoms with Crippen molar-refractivity contribution < 1.29 is 18.3 Å². The summed E-state index contributed by atoms with van der Waals surface area (Å²) in [5, 5.41) is 9.18. The molecule has 0 bridgehead atoms. The van der Waals surface area contributed by atoms with E-state index in [0.717, 1.165) is 6.07 Å². The predicted molar refractivity (Wildman–Crippen MR) is 62.2 cm³/mol. The summed E-state index contributed by atoms with van der Waals surface area (Å²) in [6.45, 7) is 0.130. The Hall–Kier alpha value is -1.23. The first-order valence-electron chi connectivity index (χ1n) is 5.95. The third kappa shape index (κ3) is 2.32. The molecule has 3 N–H and O–H groups in total. The van der Waals surface area contributed by atoms with E-state index in [0.29, 0.717) is 5.56 Å². The lowest BCUT2D eigenvalue weighted by Crippen LogP contribution is -2.42. The van der Waals surface area contributed by atoms with Crippen molar-refractivity contribution in [2.24, 2.45) is 5.73 Å². The molecule has 0 aromatic heterocycles. The molecule has 2 rings (SSSR count). The second kappa shape index (κ2) is 4.46. The summed E-state index contributed by atoms with van der Waals surface area (Å²) >= 11 is 0. The molecular formula is C13H16F3NO. The van der Waals surface area contributed by atoms with Crippen molar-refractivity contribution in [2.75, 3.05) is 6.54 Å². The summed E-state index contributed by atoms with van der Waals surface area (Å²) in [6.07, 6.45) is -0.217. The molecule has 1 aliphatic carbocycles. The van der Waals surface area contributed by atoms with Crippen molar-refractivity contribution in [3.8, 4) is 5.75 Å². The average molecular weight is 259 g/mol. The van der Waals surface area contributed by atoms with Crippen LogP contribution in [0.4, 0.5) is 13.2 Å². The minimum absolute atomic E-state index is 0.130. The highest BCUT2D eigenvalue weighted by molar-refractivity contribution is 5.34. The van der Waals surface area contributed by atoms with Crippen LogP contribution in [0.2, 0.25) is 0 Å². The molecule has 1 aliphatic rings. The summed E-state index contributed by atoms with van der Waals surface area (Å²) in [5.41, 5.74) is 5.29. The van der Waals surface area contributed by atoms with Gasteiger partial charge in [-0.25, -0.2) is 13.2 Å². The van der Waals surface area contributed by atoms with Crippen LogP contribution < -0.4 is 5.73 Å². The second-order valence-electron chi connectivity index (χ2n) is 5.00. The molecule has 0 heterocycles. The van der Waals surface area contributed by atoms with Crippen molar-refractivity contribution in [2.45, 2.75) is 37.0 Å². The van der Waals surface area contributed by atoms with E-state index < -0.39 is 17.2 Å². The molecule has 0 spiro atoms. The van der Waals surface area contributed by atoms with Crippen LogP contribution in [-0.4, -0.2) is 17.6 Å². The van der Waals surface area contributed by atoms with Crippen molar-refractivity contribution >= 4 is 0 Å². The van der Waals surface area contributed by atoms with E-state index in [1.807, 2.05) is 0 Å². The SMILES string of the molecule is NCC1(c2ccc(O)cc2F)CCC(F)(F)CC1. The highest BCUT2D eigenvalue weighted by Gasteiger charge is 2.44. The fourth-order valence-electron chi connectivity index (χ4n) is 2.61. The van der Waals surface area contributed by atoms with Gasteiger partial charge < -0.3 is 10.8 Å². The van der Waals surface area contributed by atoms with Crippen molar-refractivity contribution in [3.63, 3.8) is 0 Å². The quantitative estimate of drug-likeness (QED) is 0.857. The number of alkyl halides is 2. The molecular weight excluding hydrogens is 243 g/mol. The van der Waals surface area contributed by atoms with Gasteiger partial charge in [-0.05, 0) is 24.5 Å². The number of benzene rings is 1. The molecule has 0 atom stereocenters. The second-order valence-corrected chi connectivity index (χ2v) is 5.00. The van der Waals surface area contributed by atoms with Crippen LogP contribution in [0.25, 0.3) is 0 Å². The zero-order chi connectivity index (χ0) is 13.4. The number of phenolic OH excluding ortho intramolecular Hbond substituents is 1. The molecule has 0 unspecified atom stereocenters. The van der Waals surface area contributed by atoms with Gasteiger partial charge in [-0.3, -0.25) is 0 Å². The fraction of sp³-hybridized carbons (Fsp3) is 0.538. The van der Waals surface area contributed by atoms with Gasteiger partial charge in [-0.15, -0.1) is 0 Å². The Morgan fingerprint density at radius 2 is 1.78 bits per heavy atom. The number of halogens is 3. The van der Waals surface area contributed by atoms with Gasteiger partial charge in [-0.2, -0.15) is 0 Å². The molecule has 1 saturated carbocycles. The molecule has 100 valence electrons. The maximum absolute atomic E-state index is 13.9. The van der Waals surface area contributed by atoms with Gasteiger partial charge in [0, 0.05) is 30.9 Å². The Morgan fingerprint density at radius 1 is 1.17 bits per heavy atom. The summed E-state index contributed by atoms with van der Waals surface area (Å²) in [5.74, 6) is -3.43. The Kier molecular flexibility index (Phi) is 3.27. The third-order valence-electron chi connectivity index (χ3n) is 3.85. The molecule has 0 radical (unpaired) electrons. The van der Waals surface area contributed by atoms with Crippen LogP contribution >= 0.6 is 0 Å². The Bertz CT molecular complexity index is 438. The van der Waals surface area contributed by atoms with E-state index in [9.17, 15) is 18.3 Å².